The molecule has 0 N–H and O–H groups in total. The van der Waals surface area contributed by atoms with Gasteiger partial charge in [0.15, 0.2) is 0 Å². The van der Waals surface area contributed by atoms with Gasteiger partial charge < -0.3 is 4.74 Å². The molecule has 0 unspecified atom stereocenters. The highest BCUT2D eigenvalue weighted by Crippen LogP contribution is 2.36. The number of esters is 1. The zero-order chi connectivity index (χ0) is 14.8. The molecule has 0 aliphatic rings. The Morgan fingerprint density at radius 3 is 2.15 bits per heavy atom. The van der Waals surface area contributed by atoms with Crippen LogP contribution < -0.4 is 4.74 Å². The lowest BCUT2D eigenvalue weighted by atomic mass is 10.2. The van der Waals surface area contributed by atoms with Crippen molar-refractivity contribution in [3.8, 4) is 5.75 Å². The van der Waals surface area contributed by atoms with Crippen LogP contribution in [0.25, 0.3) is 0 Å². The smallest absolute Gasteiger partial charge is 0.419 e. The largest absolute Gasteiger partial charge is 0.422 e. The number of hydrogen-bond acceptors (Lipinski definition) is 2. The molecule has 2 aromatic carbocycles. The molecule has 6 heteroatoms. The predicted molar refractivity (Wildman–Crippen MR) is 62.8 cm³/mol. The Bertz CT molecular complexity index is 618. The van der Waals surface area contributed by atoms with Crippen molar-refractivity contribution in [3.63, 3.8) is 0 Å². The SMILES string of the molecule is O=C(Oc1ccccc1C(F)(F)F)c1ccc(F)cc1. The molecule has 0 bridgehead atoms. The van der Waals surface area contributed by atoms with E-state index in [4.69, 9.17) is 4.74 Å². The Morgan fingerprint density at radius 1 is 0.950 bits per heavy atom. The minimum atomic E-state index is -4.63. The lowest BCUT2D eigenvalue weighted by Gasteiger charge is -2.12. The number of hydrogen-bond donors (Lipinski definition) is 0. The summed E-state index contributed by atoms with van der Waals surface area (Å²) >= 11 is 0. The summed E-state index contributed by atoms with van der Waals surface area (Å²) in [7, 11) is 0. The quantitative estimate of drug-likeness (QED) is 0.472. The zero-order valence-corrected chi connectivity index (χ0v) is 9.95. The minimum absolute atomic E-state index is 0.0385. The highest BCUT2D eigenvalue weighted by molar-refractivity contribution is 5.91. The Labute approximate surface area is 111 Å². The fourth-order valence-corrected chi connectivity index (χ4v) is 1.53. The van der Waals surface area contributed by atoms with Gasteiger partial charge in [0.1, 0.15) is 11.6 Å². The van der Waals surface area contributed by atoms with Crippen molar-refractivity contribution in [3.05, 3.63) is 65.5 Å². The fraction of sp³-hybridized carbons (Fsp3) is 0.0714. The molecular formula is C14H8F4O2. The predicted octanol–water partition coefficient (Wildman–Crippen LogP) is 4.06. The third-order valence-electron chi connectivity index (χ3n) is 2.48. The van der Waals surface area contributed by atoms with E-state index in [1.807, 2.05) is 0 Å². The molecule has 20 heavy (non-hydrogen) atoms. The van der Waals surface area contributed by atoms with Gasteiger partial charge >= 0.3 is 12.1 Å². The second-order valence-corrected chi connectivity index (χ2v) is 3.89. The van der Waals surface area contributed by atoms with Gasteiger partial charge in [0.25, 0.3) is 0 Å². The summed E-state index contributed by atoms with van der Waals surface area (Å²) in [5, 5.41) is 0. The van der Waals surface area contributed by atoms with Crippen LogP contribution in [0.3, 0.4) is 0 Å². The number of halogens is 4. The van der Waals surface area contributed by atoms with Gasteiger partial charge in [-0.25, -0.2) is 9.18 Å². The van der Waals surface area contributed by atoms with Crippen molar-refractivity contribution in [2.75, 3.05) is 0 Å². The van der Waals surface area contributed by atoms with Gasteiger partial charge in [-0.05, 0) is 36.4 Å². The molecule has 0 heterocycles. The maximum absolute atomic E-state index is 12.7. The molecule has 2 rings (SSSR count). The fourth-order valence-electron chi connectivity index (χ4n) is 1.53. The van der Waals surface area contributed by atoms with Gasteiger partial charge in [0.2, 0.25) is 0 Å². The Hall–Kier alpha value is -2.37. The van der Waals surface area contributed by atoms with Crippen LogP contribution in [0.2, 0.25) is 0 Å². The molecule has 0 aromatic heterocycles. The van der Waals surface area contributed by atoms with E-state index < -0.39 is 29.3 Å². The van der Waals surface area contributed by atoms with Crippen LogP contribution in [0.15, 0.2) is 48.5 Å². The Morgan fingerprint density at radius 2 is 1.55 bits per heavy atom. The van der Waals surface area contributed by atoms with Crippen molar-refractivity contribution >= 4 is 5.97 Å². The van der Waals surface area contributed by atoms with Crippen LogP contribution in [0.1, 0.15) is 15.9 Å². The van der Waals surface area contributed by atoms with E-state index in [0.717, 1.165) is 36.4 Å². The van der Waals surface area contributed by atoms with Gasteiger partial charge in [-0.1, -0.05) is 12.1 Å². The summed E-state index contributed by atoms with van der Waals surface area (Å²) in [5.74, 6) is -2.13. The first kappa shape index (κ1) is 14.0. The third kappa shape index (κ3) is 3.14. The van der Waals surface area contributed by atoms with Crippen molar-refractivity contribution in [2.45, 2.75) is 6.18 Å². The molecule has 0 saturated heterocycles. The van der Waals surface area contributed by atoms with E-state index in [1.54, 1.807) is 0 Å². The van der Waals surface area contributed by atoms with Crippen molar-refractivity contribution < 1.29 is 27.1 Å². The van der Waals surface area contributed by atoms with Crippen LogP contribution in [0.4, 0.5) is 17.6 Å². The first-order valence-electron chi connectivity index (χ1n) is 5.52. The van der Waals surface area contributed by atoms with Crippen LogP contribution in [0, 0.1) is 5.82 Å². The average Bonchev–Trinajstić information content (AvgIpc) is 2.38. The molecule has 0 radical (unpaired) electrons. The number of rotatable bonds is 2. The van der Waals surface area contributed by atoms with E-state index >= 15 is 0 Å². The second kappa shape index (κ2) is 5.32. The van der Waals surface area contributed by atoms with Crippen molar-refractivity contribution in [1.82, 2.24) is 0 Å². The summed E-state index contributed by atoms with van der Waals surface area (Å²) in [6.07, 6.45) is -4.63. The average molecular weight is 284 g/mol. The monoisotopic (exact) mass is 284 g/mol. The van der Waals surface area contributed by atoms with Gasteiger partial charge in [-0.3, -0.25) is 0 Å². The van der Waals surface area contributed by atoms with Gasteiger partial charge in [0, 0.05) is 0 Å². The first-order valence-corrected chi connectivity index (χ1v) is 5.52. The molecule has 0 atom stereocenters. The maximum atomic E-state index is 12.7. The van der Waals surface area contributed by atoms with Gasteiger partial charge in [0.05, 0.1) is 11.1 Å². The van der Waals surface area contributed by atoms with E-state index in [-0.39, 0.29) is 5.56 Å². The molecule has 0 aliphatic carbocycles. The third-order valence-corrected chi connectivity index (χ3v) is 2.48. The molecule has 0 fully saturated rings. The summed E-state index contributed by atoms with van der Waals surface area (Å²) in [5.41, 5.74) is -1.08. The summed E-state index contributed by atoms with van der Waals surface area (Å²) in [6.45, 7) is 0. The second-order valence-electron chi connectivity index (χ2n) is 3.89. The Balaban J connectivity index is 2.26. The van der Waals surface area contributed by atoms with E-state index in [0.29, 0.717) is 0 Å². The number of benzene rings is 2. The summed E-state index contributed by atoms with van der Waals surface area (Å²) in [4.78, 5) is 11.7. The molecule has 0 amide bonds. The number of carbonyl (C=O) groups is 1. The van der Waals surface area contributed by atoms with E-state index in [9.17, 15) is 22.4 Å². The molecule has 0 saturated carbocycles. The van der Waals surface area contributed by atoms with Crippen molar-refractivity contribution in [1.29, 1.82) is 0 Å². The maximum Gasteiger partial charge on any atom is 0.419 e. The molecule has 2 aromatic rings. The molecule has 104 valence electrons. The molecule has 2 nitrogen and oxygen atoms in total. The number of para-hydroxylation sites is 1. The number of alkyl halides is 3. The lowest BCUT2D eigenvalue weighted by molar-refractivity contribution is -0.138. The van der Waals surface area contributed by atoms with Crippen LogP contribution in [-0.4, -0.2) is 5.97 Å². The van der Waals surface area contributed by atoms with Crippen LogP contribution >= 0.6 is 0 Å². The minimum Gasteiger partial charge on any atom is -0.422 e. The number of carbonyl (C=O) groups excluding carboxylic acids is 1. The molecule has 0 aliphatic heterocycles. The number of ether oxygens (including phenoxy) is 1. The lowest BCUT2D eigenvalue weighted by Crippen LogP contribution is -2.13. The zero-order valence-electron chi connectivity index (χ0n) is 9.95. The summed E-state index contributed by atoms with van der Waals surface area (Å²) in [6, 6.07) is 8.68. The van der Waals surface area contributed by atoms with Crippen LogP contribution in [0.5, 0.6) is 5.75 Å². The van der Waals surface area contributed by atoms with E-state index in [2.05, 4.69) is 0 Å². The van der Waals surface area contributed by atoms with Gasteiger partial charge in [-0.15, -0.1) is 0 Å². The van der Waals surface area contributed by atoms with E-state index in [1.165, 1.54) is 12.1 Å². The standard InChI is InChI=1S/C14H8F4O2/c15-10-7-5-9(6-8-10)13(19)20-12-4-2-1-3-11(12)14(16,17)18/h1-8H. The highest BCUT2D eigenvalue weighted by Gasteiger charge is 2.34. The normalized spacial score (nSPS) is 11.2. The molecule has 0 spiro atoms. The molecular weight excluding hydrogens is 276 g/mol. The highest BCUT2D eigenvalue weighted by atomic mass is 19.4. The summed E-state index contributed by atoms with van der Waals surface area (Å²) < 4.78 is 55.6. The van der Waals surface area contributed by atoms with Crippen LogP contribution in [-0.2, 0) is 6.18 Å². The Kier molecular flexibility index (Phi) is 3.74. The van der Waals surface area contributed by atoms with Gasteiger partial charge in [-0.2, -0.15) is 13.2 Å². The topological polar surface area (TPSA) is 26.3 Å². The van der Waals surface area contributed by atoms with Crippen molar-refractivity contribution in [2.24, 2.45) is 0 Å². The first-order chi connectivity index (χ1) is 9.38.